The van der Waals surface area contributed by atoms with Crippen molar-refractivity contribution in [1.29, 1.82) is 5.26 Å². The van der Waals surface area contributed by atoms with E-state index in [1.165, 1.54) is 16.7 Å². The Morgan fingerprint density at radius 3 is 2.60 bits per heavy atom. The van der Waals surface area contributed by atoms with Crippen LogP contribution in [0.15, 0.2) is 48.5 Å². The summed E-state index contributed by atoms with van der Waals surface area (Å²) in [6.07, 6.45) is 0.438. The Bertz CT molecular complexity index is 934. The third kappa shape index (κ3) is 4.12. The minimum atomic E-state index is 0.131. The average molecular weight is 404 g/mol. The molecule has 0 N–H and O–H groups in total. The molecule has 3 atom stereocenters. The third-order valence-corrected chi connectivity index (χ3v) is 6.58. The van der Waals surface area contributed by atoms with Crippen molar-refractivity contribution in [3.63, 3.8) is 0 Å². The fourth-order valence-electron chi connectivity index (χ4n) is 5.12. The van der Waals surface area contributed by atoms with Crippen LogP contribution in [0.2, 0.25) is 0 Å². The first kappa shape index (κ1) is 20.6. The van der Waals surface area contributed by atoms with Gasteiger partial charge in [0.25, 0.3) is 0 Å². The zero-order valence-electron chi connectivity index (χ0n) is 17.8. The normalized spacial score (nSPS) is 23.4. The van der Waals surface area contributed by atoms with Gasteiger partial charge in [0.15, 0.2) is 0 Å². The van der Waals surface area contributed by atoms with Crippen LogP contribution in [0.1, 0.15) is 34.7 Å². The van der Waals surface area contributed by atoms with Gasteiger partial charge in [0.05, 0.1) is 30.7 Å². The van der Waals surface area contributed by atoms with E-state index in [4.69, 9.17) is 10.00 Å². The topological polar surface area (TPSA) is 56.6 Å². The summed E-state index contributed by atoms with van der Waals surface area (Å²) < 4.78 is 5.15. The van der Waals surface area contributed by atoms with Crippen LogP contribution in [-0.2, 0) is 16.1 Å². The highest BCUT2D eigenvalue weighted by Gasteiger charge is 2.49. The van der Waals surface area contributed by atoms with Crippen molar-refractivity contribution in [1.82, 2.24) is 9.80 Å². The first-order valence-electron chi connectivity index (χ1n) is 10.7. The molecule has 2 heterocycles. The Hall–Kier alpha value is -2.68. The number of rotatable bonds is 6. The van der Waals surface area contributed by atoms with Crippen LogP contribution in [0, 0.1) is 30.1 Å². The predicted molar refractivity (Wildman–Crippen MR) is 116 cm³/mol. The summed E-state index contributed by atoms with van der Waals surface area (Å²) >= 11 is 0. The number of carbonyl (C=O) groups is 1. The minimum Gasteiger partial charge on any atom is -0.384 e. The van der Waals surface area contributed by atoms with E-state index >= 15 is 0 Å². The second kappa shape index (κ2) is 8.99. The Morgan fingerprint density at radius 2 is 1.90 bits per heavy atom. The second-order valence-electron chi connectivity index (χ2n) is 8.52. The van der Waals surface area contributed by atoms with Crippen molar-refractivity contribution in [2.75, 3.05) is 33.4 Å². The molecule has 5 heteroatoms. The molecule has 156 valence electrons. The van der Waals surface area contributed by atoms with E-state index in [0.29, 0.717) is 30.4 Å². The first-order chi connectivity index (χ1) is 14.6. The number of benzene rings is 2. The molecule has 2 aliphatic heterocycles. The summed E-state index contributed by atoms with van der Waals surface area (Å²) in [5, 5.41) is 9.00. The van der Waals surface area contributed by atoms with E-state index in [2.05, 4.69) is 47.1 Å². The lowest BCUT2D eigenvalue weighted by Gasteiger charge is -2.31. The Labute approximate surface area is 178 Å². The van der Waals surface area contributed by atoms with Crippen molar-refractivity contribution in [2.45, 2.75) is 25.9 Å². The lowest BCUT2D eigenvalue weighted by atomic mass is 9.87. The molecular weight excluding hydrogens is 374 g/mol. The van der Waals surface area contributed by atoms with E-state index in [-0.39, 0.29) is 11.9 Å². The van der Waals surface area contributed by atoms with E-state index in [9.17, 15) is 4.79 Å². The average Bonchev–Trinajstić information content (AvgIpc) is 3.30. The van der Waals surface area contributed by atoms with Crippen LogP contribution in [0.3, 0.4) is 0 Å². The highest BCUT2D eigenvalue weighted by molar-refractivity contribution is 5.77. The molecule has 2 fully saturated rings. The zero-order valence-corrected chi connectivity index (χ0v) is 17.8. The van der Waals surface area contributed by atoms with Gasteiger partial charge in [-0.15, -0.1) is 0 Å². The molecule has 2 saturated heterocycles. The van der Waals surface area contributed by atoms with Gasteiger partial charge in [-0.2, -0.15) is 5.26 Å². The minimum absolute atomic E-state index is 0.131. The zero-order chi connectivity index (χ0) is 21.1. The summed E-state index contributed by atoms with van der Waals surface area (Å²) in [6, 6.07) is 18.7. The van der Waals surface area contributed by atoms with Crippen molar-refractivity contribution >= 4 is 5.91 Å². The van der Waals surface area contributed by atoms with Gasteiger partial charge in [-0.1, -0.05) is 36.4 Å². The molecule has 4 rings (SSSR count). The fraction of sp³-hybridized carbons (Fsp3) is 0.440. The van der Waals surface area contributed by atoms with Gasteiger partial charge < -0.3 is 9.64 Å². The Balaban J connectivity index is 1.53. The number of hydrogen-bond donors (Lipinski definition) is 0. The molecule has 2 aromatic rings. The summed E-state index contributed by atoms with van der Waals surface area (Å²) in [5.74, 6) is 1.12. The molecule has 2 aromatic carbocycles. The summed E-state index contributed by atoms with van der Waals surface area (Å²) in [7, 11) is 1.64. The van der Waals surface area contributed by atoms with Crippen molar-refractivity contribution in [3.05, 3.63) is 70.8 Å². The number of ether oxygens (including phenoxy) is 1. The van der Waals surface area contributed by atoms with E-state index in [0.717, 1.165) is 26.2 Å². The van der Waals surface area contributed by atoms with Gasteiger partial charge in [0.2, 0.25) is 5.91 Å². The largest absolute Gasteiger partial charge is 0.384 e. The molecule has 0 spiro atoms. The quantitative estimate of drug-likeness (QED) is 0.740. The molecule has 2 aliphatic rings. The van der Waals surface area contributed by atoms with Gasteiger partial charge in [-0.25, -0.2) is 0 Å². The van der Waals surface area contributed by atoms with Gasteiger partial charge in [-0.05, 0) is 41.7 Å². The number of aryl methyl sites for hydroxylation is 1. The maximum atomic E-state index is 13.0. The smallest absolute Gasteiger partial charge is 0.225 e. The van der Waals surface area contributed by atoms with E-state index in [1.54, 1.807) is 7.11 Å². The number of methoxy groups -OCH3 is 1. The van der Waals surface area contributed by atoms with Crippen LogP contribution >= 0.6 is 0 Å². The molecule has 0 aliphatic carbocycles. The van der Waals surface area contributed by atoms with Crippen LogP contribution in [0.5, 0.6) is 0 Å². The van der Waals surface area contributed by atoms with Crippen LogP contribution in [-0.4, -0.2) is 49.1 Å². The molecule has 0 saturated carbocycles. The highest BCUT2D eigenvalue weighted by atomic mass is 16.5. The fourth-order valence-corrected chi connectivity index (χ4v) is 5.12. The van der Waals surface area contributed by atoms with Crippen molar-refractivity contribution < 1.29 is 9.53 Å². The lowest BCUT2D eigenvalue weighted by Crippen LogP contribution is -2.36. The number of fused-ring (bicyclic) bond motifs is 1. The molecule has 1 amide bonds. The second-order valence-corrected chi connectivity index (χ2v) is 8.52. The standard InChI is InChI=1S/C25H29N3O2/c1-18-5-3-4-6-22(18)25-23-17-27(14-20-9-7-19(13-26)8-10-20)15-21(23)16-28(25)24(29)11-12-30-2/h3-10,21,23,25H,11-12,14-17H2,1-2H3/t21-,23-,25+/m0/s1. The van der Waals surface area contributed by atoms with Crippen molar-refractivity contribution in [3.8, 4) is 6.07 Å². The lowest BCUT2D eigenvalue weighted by molar-refractivity contribution is -0.133. The number of nitriles is 1. The SMILES string of the molecule is COCCC(=O)N1C[C@@H]2CN(Cc3ccc(C#N)cc3)C[C@@H]2[C@H]1c1ccccc1C. The molecule has 0 aromatic heterocycles. The Morgan fingerprint density at radius 1 is 1.13 bits per heavy atom. The monoisotopic (exact) mass is 403 g/mol. The van der Waals surface area contributed by atoms with Crippen LogP contribution < -0.4 is 0 Å². The van der Waals surface area contributed by atoms with Gasteiger partial charge in [0.1, 0.15) is 0 Å². The molecule has 30 heavy (non-hydrogen) atoms. The number of hydrogen-bond acceptors (Lipinski definition) is 4. The maximum Gasteiger partial charge on any atom is 0.225 e. The molecule has 5 nitrogen and oxygen atoms in total. The molecule has 0 radical (unpaired) electrons. The number of carbonyl (C=O) groups excluding carboxylic acids is 1. The predicted octanol–water partition coefficient (Wildman–Crippen LogP) is 3.53. The summed E-state index contributed by atoms with van der Waals surface area (Å²) in [4.78, 5) is 17.6. The first-order valence-corrected chi connectivity index (χ1v) is 10.7. The van der Waals surface area contributed by atoms with Crippen molar-refractivity contribution in [2.24, 2.45) is 11.8 Å². The summed E-state index contributed by atoms with van der Waals surface area (Å²) in [6.45, 7) is 6.30. The van der Waals surface area contributed by atoms with Gasteiger partial charge >= 0.3 is 0 Å². The van der Waals surface area contributed by atoms with Gasteiger partial charge in [0, 0.05) is 39.2 Å². The molecular formula is C25H29N3O2. The molecule has 0 bridgehead atoms. The van der Waals surface area contributed by atoms with Crippen LogP contribution in [0.25, 0.3) is 0 Å². The summed E-state index contributed by atoms with van der Waals surface area (Å²) in [5.41, 5.74) is 4.45. The third-order valence-electron chi connectivity index (χ3n) is 6.58. The maximum absolute atomic E-state index is 13.0. The Kier molecular flexibility index (Phi) is 6.17. The highest BCUT2D eigenvalue weighted by Crippen LogP contribution is 2.46. The molecule has 0 unspecified atom stereocenters. The van der Waals surface area contributed by atoms with Crippen LogP contribution in [0.4, 0.5) is 0 Å². The number of amides is 1. The van der Waals surface area contributed by atoms with E-state index < -0.39 is 0 Å². The van der Waals surface area contributed by atoms with Gasteiger partial charge in [-0.3, -0.25) is 9.69 Å². The van der Waals surface area contributed by atoms with E-state index in [1.807, 2.05) is 24.3 Å². The number of nitrogens with zero attached hydrogens (tertiary/aromatic N) is 3. The number of likely N-dealkylation sites (tertiary alicyclic amines) is 2.